The van der Waals surface area contributed by atoms with E-state index < -0.39 is 0 Å². The Morgan fingerprint density at radius 3 is 2.29 bits per heavy atom. The zero-order valence-corrected chi connectivity index (χ0v) is 15.9. The quantitative estimate of drug-likeness (QED) is 0.318. The fourth-order valence-electron chi connectivity index (χ4n) is 3.33. The van der Waals surface area contributed by atoms with Crippen molar-refractivity contribution in [2.24, 2.45) is 4.99 Å². The molecule has 4 heteroatoms. The van der Waals surface area contributed by atoms with Crippen LogP contribution in [0.15, 0.2) is 71.7 Å². The number of hydrogen-bond donors (Lipinski definition) is 2. The van der Waals surface area contributed by atoms with E-state index in [1.807, 2.05) is 60.8 Å². The Morgan fingerprint density at radius 2 is 1.64 bits per heavy atom. The number of fused-ring (bicyclic) bond motifs is 2. The van der Waals surface area contributed by atoms with Crippen LogP contribution in [0.4, 0.5) is 17.1 Å². The Bertz CT molecular complexity index is 1100. The maximum Gasteiger partial charge on any atom is 0.0730 e. The van der Waals surface area contributed by atoms with Crippen LogP contribution in [0.5, 0.6) is 0 Å². The van der Waals surface area contributed by atoms with Gasteiger partial charge in [0.1, 0.15) is 0 Å². The van der Waals surface area contributed by atoms with Gasteiger partial charge in [-0.05, 0) is 42.3 Å². The normalized spacial score (nSPS) is 11.5. The van der Waals surface area contributed by atoms with Crippen LogP contribution in [0, 0.1) is 0 Å². The van der Waals surface area contributed by atoms with Crippen molar-refractivity contribution >= 4 is 45.1 Å². The Kier molecular flexibility index (Phi) is 5.31. The van der Waals surface area contributed by atoms with E-state index in [0.29, 0.717) is 0 Å². The molecule has 1 aromatic heterocycles. The van der Waals surface area contributed by atoms with Crippen molar-refractivity contribution in [3.8, 4) is 0 Å². The first-order valence-corrected chi connectivity index (χ1v) is 9.60. The molecule has 0 atom stereocenters. The average Bonchev–Trinajstić information content (AvgIpc) is 2.73. The van der Waals surface area contributed by atoms with Crippen molar-refractivity contribution in [3.63, 3.8) is 0 Å². The second-order valence-electron chi connectivity index (χ2n) is 6.79. The minimum absolute atomic E-state index is 0.0241. The molecular formula is C24H23N3O. The third-order valence-corrected chi connectivity index (χ3v) is 4.68. The van der Waals surface area contributed by atoms with Crippen molar-refractivity contribution < 1.29 is 5.11 Å². The number of unbranched alkanes of at least 4 members (excludes halogenated alkanes) is 1. The van der Waals surface area contributed by atoms with Crippen LogP contribution in [0.25, 0.3) is 21.8 Å². The molecule has 0 spiro atoms. The lowest BCUT2D eigenvalue weighted by Crippen LogP contribution is -1.96. The molecule has 140 valence electrons. The van der Waals surface area contributed by atoms with Gasteiger partial charge in [0.25, 0.3) is 0 Å². The van der Waals surface area contributed by atoms with Gasteiger partial charge in [-0.3, -0.25) is 4.99 Å². The highest BCUT2D eigenvalue weighted by Gasteiger charge is 2.10. The van der Waals surface area contributed by atoms with Crippen molar-refractivity contribution in [2.45, 2.75) is 26.4 Å². The number of aliphatic hydroxyl groups is 1. The number of anilines is 2. The lowest BCUT2D eigenvalue weighted by atomic mass is 10.1. The number of benzene rings is 3. The number of para-hydroxylation sites is 2. The standard InChI is InChI=1S/C24H23N3O/c1-2-3-12-25-18-13-17(16-28)14-19(15-18)26-24-20-8-4-6-10-22(20)27-23-11-7-5-9-21(23)24/h4-15,28H,2-3,16H2,1H3,(H,26,27)/b25-12+. The number of nitrogens with zero attached hydrogens (tertiary/aromatic N) is 2. The Morgan fingerprint density at radius 1 is 0.964 bits per heavy atom. The summed E-state index contributed by atoms with van der Waals surface area (Å²) in [6.07, 6.45) is 3.92. The molecule has 3 aromatic carbocycles. The third-order valence-electron chi connectivity index (χ3n) is 4.68. The van der Waals surface area contributed by atoms with E-state index in [-0.39, 0.29) is 6.61 Å². The Hall–Kier alpha value is -3.24. The fraction of sp³-hybridized carbons (Fsp3) is 0.167. The SMILES string of the molecule is CCC/C=N/c1cc(CO)cc(Nc2c3ccccc3nc3ccccc23)c1. The highest BCUT2D eigenvalue weighted by Crippen LogP contribution is 2.34. The topological polar surface area (TPSA) is 57.5 Å². The number of nitrogens with one attached hydrogen (secondary N) is 1. The molecule has 0 bridgehead atoms. The molecule has 0 saturated heterocycles. The van der Waals surface area contributed by atoms with Crippen LogP contribution in [0.1, 0.15) is 25.3 Å². The molecule has 4 nitrogen and oxygen atoms in total. The number of aliphatic hydroxyl groups excluding tert-OH is 1. The minimum atomic E-state index is -0.0241. The second kappa shape index (κ2) is 8.19. The molecule has 0 radical (unpaired) electrons. The Balaban J connectivity index is 1.84. The number of rotatable bonds is 6. The van der Waals surface area contributed by atoms with Gasteiger partial charge in [0.2, 0.25) is 0 Å². The monoisotopic (exact) mass is 369 g/mol. The fourth-order valence-corrected chi connectivity index (χ4v) is 3.33. The van der Waals surface area contributed by atoms with Crippen LogP contribution in [0.3, 0.4) is 0 Å². The zero-order chi connectivity index (χ0) is 19.3. The van der Waals surface area contributed by atoms with Crippen molar-refractivity contribution in [3.05, 3.63) is 72.3 Å². The number of hydrogen-bond acceptors (Lipinski definition) is 4. The number of aliphatic imine (C=N–C) groups is 1. The molecule has 1 heterocycles. The lowest BCUT2D eigenvalue weighted by Gasteiger charge is -2.14. The van der Waals surface area contributed by atoms with Crippen LogP contribution in [-0.4, -0.2) is 16.3 Å². The van der Waals surface area contributed by atoms with Gasteiger partial charge in [-0.2, -0.15) is 0 Å². The summed E-state index contributed by atoms with van der Waals surface area (Å²) in [5, 5.41) is 15.4. The molecule has 4 rings (SSSR count). The van der Waals surface area contributed by atoms with E-state index in [1.165, 1.54) is 0 Å². The van der Waals surface area contributed by atoms with Gasteiger partial charge in [0.15, 0.2) is 0 Å². The molecule has 0 unspecified atom stereocenters. The summed E-state index contributed by atoms with van der Waals surface area (Å²) in [5.41, 5.74) is 5.48. The van der Waals surface area contributed by atoms with Crippen LogP contribution in [-0.2, 0) is 6.61 Å². The highest BCUT2D eigenvalue weighted by atomic mass is 16.3. The smallest absolute Gasteiger partial charge is 0.0730 e. The van der Waals surface area contributed by atoms with Gasteiger partial charge in [-0.15, -0.1) is 0 Å². The van der Waals surface area contributed by atoms with Gasteiger partial charge in [0, 0.05) is 22.7 Å². The van der Waals surface area contributed by atoms with E-state index >= 15 is 0 Å². The molecule has 0 aliphatic rings. The molecule has 0 amide bonds. The maximum atomic E-state index is 9.68. The predicted octanol–water partition coefficient (Wildman–Crippen LogP) is 6.13. The molecule has 2 N–H and O–H groups in total. The van der Waals surface area contributed by atoms with Crippen LogP contribution >= 0.6 is 0 Å². The van der Waals surface area contributed by atoms with Gasteiger partial charge in [-0.1, -0.05) is 49.7 Å². The number of pyridine rings is 1. The summed E-state index contributed by atoms with van der Waals surface area (Å²) in [4.78, 5) is 9.32. The number of aromatic nitrogens is 1. The lowest BCUT2D eigenvalue weighted by molar-refractivity contribution is 0.282. The van der Waals surface area contributed by atoms with E-state index in [2.05, 4.69) is 29.4 Å². The van der Waals surface area contributed by atoms with E-state index in [0.717, 1.165) is 57.3 Å². The van der Waals surface area contributed by atoms with E-state index in [1.54, 1.807) is 0 Å². The van der Waals surface area contributed by atoms with Gasteiger partial charge < -0.3 is 10.4 Å². The average molecular weight is 369 g/mol. The predicted molar refractivity (Wildman–Crippen MR) is 118 cm³/mol. The first kappa shape index (κ1) is 18.1. The molecule has 0 aliphatic heterocycles. The largest absolute Gasteiger partial charge is 0.392 e. The van der Waals surface area contributed by atoms with Crippen LogP contribution in [0.2, 0.25) is 0 Å². The summed E-state index contributed by atoms with van der Waals surface area (Å²) in [5.74, 6) is 0. The molecule has 0 fully saturated rings. The van der Waals surface area contributed by atoms with E-state index in [4.69, 9.17) is 4.98 Å². The van der Waals surface area contributed by atoms with Gasteiger partial charge in [-0.25, -0.2) is 4.98 Å². The van der Waals surface area contributed by atoms with Crippen LogP contribution < -0.4 is 5.32 Å². The molecule has 0 saturated carbocycles. The molecule has 0 aliphatic carbocycles. The van der Waals surface area contributed by atoms with Crippen molar-refractivity contribution in [1.29, 1.82) is 0 Å². The van der Waals surface area contributed by atoms with Crippen molar-refractivity contribution in [1.82, 2.24) is 4.98 Å². The molecule has 28 heavy (non-hydrogen) atoms. The zero-order valence-electron chi connectivity index (χ0n) is 15.9. The maximum absolute atomic E-state index is 9.68. The molecular weight excluding hydrogens is 346 g/mol. The summed E-state index contributed by atoms with van der Waals surface area (Å²) in [7, 11) is 0. The van der Waals surface area contributed by atoms with Gasteiger partial charge in [0.05, 0.1) is 29.0 Å². The highest BCUT2D eigenvalue weighted by molar-refractivity contribution is 6.08. The second-order valence-corrected chi connectivity index (χ2v) is 6.79. The van der Waals surface area contributed by atoms with Gasteiger partial charge >= 0.3 is 0 Å². The first-order chi connectivity index (χ1) is 13.8. The van der Waals surface area contributed by atoms with Crippen molar-refractivity contribution in [2.75, 3.05) is 5.32 Å². The third kappa shape index (κ3) is 3.73. The first-order valence-electron chi connectivity index (χ1n) is 9.60. The summed E-state index contributed by atoms with van der Waals surface area (Å²) in [6, 6.07) is 22.1. The minimum Gasteiger partial charge on any atom is -0.392 e. The summed E-state index contributed by atoms with van der Waals surface area (Å²) < 4.78 is 0. The summed E-state index contributed by atoms with van der Waals surface area (Å²) >= 11 is 0. The summed E-state index contributed by atoms with van der Waals surface area (Å²) in [6.45, 7) is 2.10. The molecule has 4 aromatic rings. The Labute approximate surface area is 164 Å². The van der Waals surface area contributed by atoms with E-state index in [9.17, 15) is 5.11 Å².